The van der Waals surface area contributed by atoms with Gasteiger partial charge in [-0.2, -0.15) is 0 Å². The van der Waals surface area contributed by atoms with Gasteiger partial charge in [0.2, 0.25) is 0 Å². The number of amidine groups is 1. The van der Waals surface area contributed by atoms with Crippen molar-refractivity contribution in [1.82, 2.24) is 10.4 Å². The number of hydrogen-bond donors (Lipinski definition) is 1. The first-order valence-corrected chi connectivity index (χ1v) is 7.95. The maximum atomic E-state index is 4.79. The molecule has 0 aromatic heterocycles. The molecule has 2 rings (SSSR count). The molecule has 2 aliphatic heterocycles. The van der Waals surface area contributed by atoms with Crippen molar-refractivity contribution >= 4 is 16.9 Å². The van der Waals surface area contributed by atoms with E-state index < -0.39 is 0 Å². The fourth-order valence-electron chi connectivity index (χ4n) is 2.67. The molecule has 0 bridgehead atoms. The molecule has 2 aliphatic rings. The third kappa shape index (κ3) is 3.38. The number of nitrogens with one attached hydrogen (secondary N) is 1. The molecule has 0 aliphatic carbocycles. The van der Waals surface area contributed by atoms with Crippen molar-refractivity contribution < 1.29 is 0 Å². The lowest BCUT2D eigenvalue weighted by Crippen LogP contribution is -2.54. The zero-order valence-corrected chi connectivity index (χ0v) is 12.1. The summed E-state index contributed by atoms with van der Waals surface area (Å²) >= 11 is 1.88. The molecule has 0 aromatic carbocycles. The first kappa shape index (κ1) is 13.2. The first-order valence-electron chi connectivity index (χ1n) is 6.96. The highest BCUT2D eigenvalue weighted by Crippen LogP contribution is 2.23. The van der Waals surface area contributed by atoms with E-state index in [1.807, 2.05) is 11.8 Å². The van der Waals surface area contributed by atoms with E-state index in [1.165, 1.54) is 31.4 Å². The van der Waals surface area contributed by atoms with Gasteiger partial charge in [-0.3, -0.25) is 10.4 Å². The molecule has 98 valence electrons. The van der Waals surface area contributed by atoms with Gasteiger partial charge in [0.1, 0.15) is 0 Å². The molecule has 1 fully saturated rings. The van der Waals surface area contributed by atoms with Gasteiger partial charge >= 0.3 is 0 Å². The van der Waals surface area contributed by atoms with Crippen LogP contribution in [0, 0.1) is 0 Å². The van der Waals surface area contributed by atoms with Crippen LogP contribution in [0.3, 0.4) is 0 Å². The Balaban J connectivity index is 1.96. The number of aliphatic imine (C=N–C) groups is 1. The summed E-state index contributed by atoms with van der Waals surface area (Å²) in [6, 6.07) is 1.79. The molecular formula is C13H25N3S. The zero-order valence-electron chi connectivity index (χ0n) is 11.3. The highest BCUT2D eigenvalue weighted by molar-refractivity contribution is 8.13. The van der Waals surface area contributed by atoms with Gasteiger partial charge in [0, 0.05) is 17.8 Å². The van der Waals surface area contributed by atoms with Crippen LogP contribution in [-0.4, -0.2) is 34.1 Å². The van der Waals surface area contributed by atoms with Crippen LogP contribution in [-0.2, 0) is 0 Å². The molecule has 3 unspecified atom stereocenters. The molecule has 0 saturated carbocycles. The van der Waals surface area contributed by atoms with Crippen molar-refractivity contribution in [2.45, 2.75) is 71.0 Å². The molecule has 1 saturated heterocycles. The fraction of sp³-hybridized carbons (Fsp3) is 0.923. The molecule has 1 N–H and O–H groups in total. The molecule has 17 heavy (non-hydrogen) atoms. The van der Waals surface area contributed by atoms with Crippen LogP contribution >= 0.6 is 11.8 Å². The fourth-order valence-corrected chi connectivity index (χ4v) is 3.64. The Morgan fingerprint density at radius 3 is 2.65 bits per heavy atom. The molecule has 4 heteroatoms. The topological polar surface area (TPSA) is 27.6 Å². The average molecular weight is 255 g/mol. The monoisotopic (exact) mass is 255 g/mol. The Bertz CT molecular complexity index is 270. The zero-order chi connectivity index (χ0) is 12.3. The number of thioether (sulfide) groups is 1. The number of piperidine rings is 1. The van der Waals surface area contributed by atoms with Gasteiger partial charge in [-0.05, 0) is 39.5 Å². The van der Waals surface area contributed by atoms with E-state index in [0.717, 1.165) is 11.6 Å². The van der Waals surface area contributed by atoms with E-state index in [2.05, 4.69) is 31.2 Å². The summed E-state index contributed by atoms with van der Waals surface area (Å²) < 4.78 is 0. The smallest absolute Gasteiger partial charge is 0.171 e. The van der Waals surface area contributed by atoms with Crippen LogP contribution in [0.5, 0.6) is 0 Å². The van der Waals surface area contributed by atoms with Gasteiger partial charge in [0.25, 0.3) is 0 Å². The van der Waals surface area contributed by atoms with Crippen molar-refractivity contribution in [2.24, 2.45) is 4.99 Å². The third-order valence-corrected chi connectivity index (χ3v) is 4.79. The van der Waals surface area contributed by atoms with Gasteiger partial charge in [-0.15, -0.1) is 0 Å². The molecule has 3 nitrogen and oxygen atoms in total. The lowest BCUT2D eigenvalue weighted by atomic mass is 10.00. The standard InChI is InChI=1S/C13H25N3S/c1-4-12-8-9-17-13(14-12)15-16-10(2)6-5-7-11(16)3/h10-12H,4-9H2,1-3H3,(H,14,15). The summed E-state index contributed by atoms with van der Waals surface area (Å²) in [5, 5.41) is 3.55. The Labute approximate surface area is 109 Å². The van der Waals surface area contributed by atoms with Crippen molar-refractivity contribution in [1.29, 1.82) is 0 Å². The van der Waals surface area contributed by atoms with E-state index >= 15 is 0 Å². The predicted octanol–water partition coefficient (Wildman–Crippen LogP) is 3.03. The number of hydrazine groups is 1. The van der Waals surface area contributed by atoms with Gasteiger partial charge in [0.15, 0.2) is 5.17 Å². The van der Waals surface area contributed by atoms with E-state index in [4.69, 9.17) is 4.99 Å². The molecule has 0 aromatic rings. The number of rotatable bonds is 2. The SMILES string of the molecule is CCC1CCSC(NN2C(C)CCCC2C)=N1. The summed E-state index contributed by atoms with van der Waals surface area (Å²) in [7, 11) is 0. The van der Waals surface area contributed by atoms with Crippen LogP contribution in [0.1, 0.15) is 52.9 Å². The van der Waals surface area contributed by atoms with Crippen LogP contribution in [0.4, 0.5) is 0 Å². The van der Waals surface area contributed by atoms with Crippen LogP contribution in [0.25, 0.3) is 0 Å². The van der Waals surface area contributed by atoms with Crippen LogP contribution in [0.15, 0.2) is 4.99 Å². The second-order valence-electron chi connectivity index (χ2n) is 5.28. The lowest BCUT2D eigenvalue weighted by molar-refractivity contribution is 0.0750. The quantitative estimate of drug-likeness (QED) is 0.822. The van der Waals surface area contributed by atoms with E-state index in [-0.39, 0.29) is 0 Å². The van der Waals surface area contributed by atoms with Gasteiger partial charge in [0.05, 0.1) is 6.04 Å². The summed E-state index contributed by atoms with van der Waals surface area (Å²) in [4.78, 5) is 4.79. The Kier molecular flexibility index (Phi) is 4.74. The van der Waals surface area contributed by atoms with Gasteiger partial charge in [-0.1, -0.05) is 25.1 Å². The maximum Gasteiger partial charge on any atom is 0.171 e. The minimum absolute atomic E-state index is 0.536. The largest absolute Gasteiger partial charge is 0.297 e. The molecule has 3 atom stereocenters. The first-order chi connectivity index (χ1) is 8.20. The normalized spacial score (nSPS) is 35.5. The minimum atomic E-state index is 0.536. The number of nitrogens with zero attached hydrogens (tertiary/aromatic N) is 2. The van der Waals surface area contributed by atoms with Crippen molar-refractivity contribution in [3.05, 3.63) is 0 Å². The molecule has 0 amide bonds. The summed E-state index contributed by atoms with van der Waals surface area (Å²) in [5.74, 6) is 1.21. The Hall–Kier alpha value is -0.220. The van der Waals surface area contributed by atoms with E-state index in [9.17, 15) is 0 Å². The summed E-state index contributed by atoms with van der Waals surface area (Å²) in [6.45, 7) is 6.86. The molecule has 0 radical (unpaired) electrons. The summed E-state index contributed by atoms with van der Waals surface area (Å²) in [6.07, 6.45) is 6.35. The summed E-state index contributed by atoms with van der Waals surface area (Å²) in [5.41, 5.74) is 3.57. The molecule has 0 spiro atoms. The number of hydrogen-bond acceptors (Lipinski definition) is 4. The van der Waals surface area contributed by atoms with E-state index in [0.29, 0.717) is 18.1 Å². The highest BCUT2D eigenvalue weighted by Gasteiger charge is 2.26. The molecule has 2 heterocycles. The Morgan fingerprint density at radius 2 is 2.00 bits per heavy atom. The van der Waals surface area contributed by atoms with Crippen LogP contribution in [0.2, 0.25) is 0 Å². The second kappa shape index (κ2) is 6.10. The van der Waals surface area contributed by atoms with Crippen LogP contribution < -0.4 is 5.43 Å². The van der Waals surface area contributed by atoms with Gasteiger partial charge in [-0.25, -0.2) is 5.01 Å². The Morgan fingerprint density at radius 1 is 1.29 bits per heavy atom. The van der Waals surface area contributed by atoms with Crippen molar-refractivity contribution in [3.63, 3.8) is 0 Å². The highest BCUT2D eigenvalue weighted by atomic mass is 32.2. The van der Waals surface area contributed by atoms with Crippen molar-refractivity contribution in [3.8, 4) is 0 Å². The second-order valence-corrected chi connectivity index (χ2v) is 6.37. The maximum absolute atomic E-state index is 4.79. The lowest BCUT2D eigenvalue weighted by Gasteiger charge is -2.40. The minimum Gasteiger partial charge on any atom is -0.297 e. The average Bonchev–Trinajstić information content (AvgIpc) is 2.34. The third-order valence-electron chi connectivity index (χ3n) is 3.88. The molecular weight excluding hydrogens is 230 g/mol. The van der Waals surface area contributed by atoms with Gasteiger partial charge < -0.3 is 0 Å². The van der Waals surface area contributed by atoms with E-state index in [1.54, 1.807) is 0 Å². The van der Waals surface area contributed by atoms with Crippen molar-refractivity contribution in [2.75, 3.05) is 5.75 Å². The predicted molar refractivity (Wildman–Crippen MR) is 76.3 cm³/mol.